The van der Waals surface area contributed by atoms with Gasteiger partial charge in [0.15, 0.2) is 24.8 Å². The molecule has 0 aliphatic heterocycles. The molecule has 1 aromatic rings. The van der Waals surface area contributed by atoms with E-state index in [-0.39, 0.29) is 0 Å². The molecule has 1 N–H and O–H groups in total. The van der Waals surface area contributed by atoms with Crippen molar-refractivity contribution in [2.75, 3.05) is 0 Å². The summed E-state index contributed by atoms with van der Waals surface area (Å²) in [6.45, 7) is 5.50. The van der Waals surface area contributed by atoms with E-state index in [4.69, 9.17) is 10.5 Å². The molecule has 0 amide bonds. The molecule has 0 aromatic carbocycles. The normalized spacial score (nSPS) is 8.00. The molecular weight excluding hydrogens is 200 g/mol. The second kappa shape index (κ2) is 9.48. The monoisotopic (exact) mass is 217 g/mol. The minimum absolute atomic E-state index is 1.15. The Labute approximate surface area is 96.8 Å². The number of hydrogen-bond donors (Lipinski definition) is 1. The Balaban J connectivity index is 0.000000385. The third-order valence-corrected chi connectivity index (χ3v) is 1.89. The molecule has 0 saturated carbocycles. The van der Waals surface area contributed by atoms with Gasteiger partial charge in [-0.3, -0.25) is 0 Å². The van der Waals surface area contributed by atoms with Crippen molar-refractivity contribution >= 4 is 0 Å². The Kier molecular flexibility index (Phi) is 8.26. The Morgan fingerprint density at radius 1 is 1.38 bits per heavy atom. The van der Waals surface area contributed by atoms with Gasteiger partial charge < -0.3 is 0 Å². The first-order chi connectivity index (χ1) is 7.74. The number of hydrogen-bond acceptors (Lipinski definition) is 3. The topological polar surface area (TPSA) is 63.5 Å². The number of rotatable bonds is 3. The van der Waals surface area contributed by atoms with Gasteiger partial charge in [0.1, 0.15) is 6.54 Å². The highest BCUT2D eigenvalue weighted by molar-refractivity contribution is 5.01. The highest BCUT2D eigenvalue weighted by Crippen LogP contribution is 1.91. The van der Waals surface area contributed by atoms with Gasteiger partial charge in [-0.05, 0) is 13.0 Å². The SMILES string of the molecule is CCCC[n+]1cccc(C)c1.N#CNC#N. The minimum atomic E-state index is 1.15. The van der Waals surface area contributed by atoms with E-state index in [9.17, 15) is 0 Å². The zero-order chi connectivity index (χ0) is 12.2. The van der Waals surface area contributed by atoms with Gasteiger partial charge >= 0.3 is 0 Å². The van der Waals surface area contributed by atoms with Crippen LogP contribution in [0.25, 0.3) is 0 Å². The average molecular weight is 217 g/mol. The van der Waals surface area contributed by atoms with E-state index in [0.29, 0.717) is 0 Å². The first-order valence-corrected chi connectivity index (χ1v) is 5.23. The number of pyridine rings is 1. The van der Waals surface area contributed by atoms with E-state index in [0.717, 1.165) is 6.54 Å². The Morgan fingerprint density at radius 3 is 2.50 bits per heavy atom. The molecule has 0 fully saturated rings. The maximum absolute atomic E-state index is 7.48. The van der Waals surface area contributed by atoms with Crippen LogP contribution in [0.15, 0.2) is 24.5 Å². The van der Waals surface area contributed by atoms with Gasteiger partial charge in [0, 0.05) is 18.1 Å². The second-order valence-electron chi connectivity index (χ2n) is 3.32. The lowest BCUT2D eigenvalue weighted by atomic mass is 10.3. The van der Waals surface area contributed by atoms with Gasteiger partial charge in [0.2, 0.25) is 0 Å². The van der Waals surface area contributed by atoms with Gasteiger partial charge in [-0.15, -0.1) is 0 Å². The number of aryl methyl sites for hydroxylation is 2. The second-order valence-corrected chi connectivity index (χ2v) is 3.32. The lowest BCUT2D eigenvalue weighted by Crippen LogP contribution is -2.32. The van der Waals surface area contributed by atoms with Crippen molar-refractivity contribution in [2.24, 2.45) is 0 Å². The van der Waals surface area contributed by atoms with Crippen LogP contribution in [0.1, 0.15) is 25.3 Å². The van der Waals surface area contributed by atoms with E-state index < -0.39 is 0 Å². The molecule has 0 spiro atoms. The van der Waals surface area contributed by atoms with Crippen LogP contribution < -0.4 is 9.88 Å². The molecule has 1 aromatic heterocycles. The third-order valence-electron chi connectivity index (χ3n) is 1.89. The molecule has 84 valence electrons. The highest BCUT2D eigenvalue weighted by Gasteiger charge is 1.97. The highest BCUT2D eigenvalue weighted by atomic mass is 14.9. The molecule has 0 aliphatic carbocycles. The maximum atomic E-state index is 7.48. The number of aromatic nitrogens is 1. The number of nitriles is 2. The summed E-state index contributed by atoms with van der Waals surface area (Å²) in [6.07, 6.45) is 9.67. The number of nitrogens with zero attached hydrogens (tertiary/aromatic N) is 3. The Hall–Kier alpha value is -2.07. The van der Waals surface area contributed by atoms with Crippen LogP contribution in [0, 0.1) is 29.8 Å². The van der Waals surface area contributed by atoms with Crippen LogP contribution in [0.4, 0.5) is 0 Å². The van der Waals surface area contributed by atoms with Crippen molar-refractivity contribution in [3.05, 3.63) is 30.1 Å². The molecular formula is C12H17N4+. The van der Waals surface area contributed by atoms with Crippen LogP contribution in [0.5, 0.6) is 0 Å². The van der Waals surface area contributed by atoms with Gasteiger partial charge in [-0.2, -0.15) is 10.5 Å². The van der Waals surface area contributed by atoms with Gasteiger partial charge in [0.25, 0.3) is 0 Å². The summed E-state index contributed by atoms with van der Waals surface area (Å²) < 4.78 is 2.25. The summed E-state index contributed by atoms with van der Waals surface area (Å²) in [4.78, 5) is 0. The standard InChI is InChI=1S/C10H16N.C2HN3/c1-3-4-7-11-8-5-6-10(2)9-11;3-1-5-2-4/h5-6,8-9H,3-4,7H2,1-2H3;5H/q+1;. The smallest absolute Gasteiger partial charge is 0.190 e. The summed E-state index contributed by atoms with van der Waals surface area (Å²) in [5.74, 6) is 0. The van der Waals surface area contributed by atoms with Gasteiger partial charge in [-0.25, -0.2) is 9.88 Å². The van der Waals surface area contributed by atoms with Crippen molar-refractivity contribution in [1.82, 2.24) is 5.32 Å². The lowest BCUT2D eigenvalue weighted by Gasteiger charge is -1.94. The fourth-order valence-electron chi connectivity index (χ4n) is 1.16. The number of unbranched alkanes of at least 4 members (excludes halogenated alkanes) is 1. The predicted octanol–water partition coefficient (Wildman–Crippen LogP) is 1.62. The van der Waals surface area contributed by atoms with Crippen molar-refractivity contribution < 1.29 is 4.57 Å². The molecule has 0 unspecified atom stereocenters. The molecule has 1 rings (SSSR count). The van der Waals surface area contributed by atoms with Crippen molar-refractivity contribution in [2.45, 2.75) is 33.2 Å². The first-order valence-electron chi connectivity index (χ1n) is 5.23. The zero-order valence-electron chi connectivity index (χ0n) is 9.77. The third kappa shape index (κ3) is 7.34. The summed E-state index contributed by atoms with van der Waals surface area (Å²) in [5.41, 5.74) is 1.34. The molecule has 4 nitrogen and oxygen atoms in total. The predicted molar refractivity (Wildman–Crippen MR) is 60.6 cm³/mol. The van der Waals surface area contributed by atoms with Crippen molar-refractivity contribution in [3.63, 3.8) is 0 Å². The van der Waals surface area contributed by atoms with Crippen LogP contribution in [-0.2, 0) is 6.54 Å². The van der Waals surface area contributed by atoms with E-state index in [1.165, 1.54) is 30.8 Å². The van der Waals surface area contributed by atoms with Gasteiger partial charge in [0.05, 0.1) is 0 Å². The summed E-state index contributed by atoms with van der Waals surface area (Å²) >= 11 is 0. The molecule has 0 aliphatic rings. The van der Waals surface area contributed by atoms with Gasteiger partial charge in [-0.1, -0.05) is 13.3 Å². The molecule has 0 saturated heterocycles. The molecule has 4 heteroatoms. The molecule has 0 radical (unpaired) electrons. The van der Waals surface area contributed by atoms with E-state index in [1.54, 1.807) is 5.32 Å². The fraction of sp³-hybridized carbons (Fsp3) is 0.417. The van der Waals surface area contributed by atoms with Crippen LogP contribution in [-0.4, -0.2) is 0 Å². The van der Waals surface area contributed by atoms with E-state index in [1.807, 2.05) is 0 Å². The average Bonchev–Trinajstić information content (AvgIpc) is 2.28. The largest absolute Gasteiger partial charge is 0.229 e. The maximum Gasteiger partial charge on any atom is 0.190 e. The van der Waals surface area contributed by atoms with Crippen LogP contribution >= 0.6 is 0 Å². The minimum Gasteiger partial charge on any atom is -0.229 e. The zero-order valence-corrected chi connectivity index (χ0v) is 9.77. The lowest BCUT2D eigenvalue weighted by molar-refractivity contribution is -0.697. The van der Waals surface area contributed by atoms with E-state index >= 15 is 0 Å². The number of nitrogens with one attached hydrogen (secondary N) is 1. The Bertz CT molecular complexity index is 361. The molecule has 0 bridgehead atoms. The summed E-state index contributed by atoms with van der Waals surface area (Å²) in [6, 6.07) is 4.23. The van der Waals surface area contributed by atoms with Crippen molar-refractivity contribution in [3.8, 4) is 12.4 Å². The van der Waals surface area contributed by atoms with Crippen LogP contribution in [0.3, 0.4) is 0 Å². The fourth-order valence-corrected chi connectivity index (χ4v) is 1.16. The summed E-state index contributed by atoms with van der Waals surface area (Å²) in [5, 5.41) is 16.7. The molecule has 0 atom stereocenters. The van der Waals surface area contributed by atoms with E-state index in [2.05, 4.69) is 42.9 Å². The Morgan fingerprint density at radius 2 is 2.06 bits per heavy atom. The quantitative estimate of drug-likeness (QED) is 0.475. The van der Waals surface area contributed by atoms with Crippen LogP contribution in [0.2, 0.25) is 0 Å². The molecule has 16 heavy (non-hydrogen) atoms. The summed E-state index contributed by atoms with van der Waals surface area (Å²) in [7, 11) is 0. The first kappa shape index (κ1) is 13.9. The van der Waals surface area contributed by atoms with Crippen molar-refractivity contribution in [1.29, 1.82) is 10.5 Å². The molecule has 1 heterocycles.